The van der Waals surface area contributed by atoms with Crippen LogP contribution in [0.5, 0.6) is 5.75 Å². The molecule has 0 amide bonds. The Bertz CT molecular complexity index is 644. The summed E-state index contributed by atoms with van der Waals surface area (Å²) in [6, 6.07) is 8.37. The average Bonchev–Trinajstić information content (AvgIpc) is 3.23. The lowest BCUT2D eigenvalue weighted by Gasteiger charge is -2.28. The van der Waals surface area contributed by atoms with E-state index in [-0.39, 0.29) is 12.2 Å². The summed E-state index contributed by atoms with van der Waals surface area (Å²) in [5.41, 5.74) is 1.26. The zero-order valence-corrected chi connectivity index (χ0v) is 16.1. The summed E-state index contributed by atoms with van der Waals surface area (Å²) in [7, 11) is 0. The van der Waals surface area contributed by atoms with E-state index < -0.39 is 5.79 Å². The quantitative estimate of drug-likeness (QED) is 0.630. The Labute approximate surface area is 156 Å². The van der Waals surface area contributed by atoms with Crippen molar-refractivity contribution in [2.75, 3.05) is 6.61 Å². The molecule has 3 rings (SSSR count). The van der Waals surface area contributed by atoms with Gasteiger partial charge in [0.05, 0.1) is 31.7 Å². The fourth-order valence-electron chi connectivity index (χ4n) is 3.25. The summed E-state index contributed by atoms with van der Waals surface area (Å²) in [6.07, 6.45) is 9.65. The fraction of sp³-hybridized carbons (Fsp3) is 0.571. The van der Waals surface area contributed by atoms with Crippen LogP contribution in [0.1, 0.15) is 45.6 Å². The van der Waals surface area contributed by atoms with Crippen LogP contribution in [-0.4, -0.2) is 34.2 Å². The van der Waals surface area contributed by atoms with Crippen molar-refractivity contribution in [1.82, 2.24) is 9.55 Å². The van der Waals surface area contributed by atoms with E-state index >= 15 is 0 Å². The van der Waals surface area contributed by atoms with E-state index in [0.29, 0.717) is 6.54 Å². The molecule has 5 heteroatoms. The van der Waals surface area contributed by atoms with Crippen LogP contribution in [0.2, 0.25) is 0 Å². The molecule has 2 aromatic rings. The van der Waals surface area contributed by atoms with Gasteiger partial charge in [0, 0.05) is 18.8 Å². The van der Waals surface area contributed by atoms with Crippen LogP contribution in [0.25, 0.3) is 0 Å². The van der Waals surface area contributed by atoms with Crippen molar-refractivity contribution in [1.29, 1.82) is 0 Å². The normalized spacial score (nSPS) is 25.5. The zero-order chi connectivity index (χ0) is 18.4. The Morgan fingerprint density at radius 2 is 1.88 bits per heavy atom. The Morgan fingerprint density at radius 1 is 1.15 bits per heavy atom. The van der Waals surface area contributed by atoms with Gasteiger partial charge in [0.25, 0.3) is 0 Å². The van der Waals surface area contributed by atoms with Gasteiger partial charge in [0.15, 0.2) is 5.79 Å². The zero-order valence-electron chi connectivity index (χ0n) is 16.1. The molecule has 2 atom stereocenters. The van der Waals surface area contributed by atoms with Crippen LogP contribution in [0.4, 0.5) is 0 Å². The van der Waals surface area contributed by atoms with E-state index in [1.54, 1.807) is 6.20 Å². The fourth-order valence-corrected chi connectivity index (χ4v) is 3.25. The van der Waals surface area contributed by atoms with Gasteiger partial charge in [-0.3, -0.25) is 0 Å². The van der Waals surface area contributed by atoms with Crippen LogP contribution in [0, 0.1) is 0 Å². The molecule has 0 N–H and O–H groups in total. The second-order valence-corrected chi connectivity index (χ2v) is 7.14. The van der Waals surface area contributed by atoms with E-state index in [2.05, 4.69) is 50.0 Å². The van der Waals surface area contributed by atoms with Crippen LogP contribution in [0.15, 0.2) is 43.0 Å². The van der Waals surface area contributed by atoms with Crippen LogP contribution in [-0.2, 0) is 22.4 Å². The molecule has 1 aliphatic heterocycles. The molecule has 0 spiro atoms. The van der Waals surface area contributed by atoms with Gasteiger partial charge in [-0.1, -0.05) is 25.5 Å². The second kappa shape index (κ2) is 8.69. The number of aryl methyl sites for hydroxylation is 1. The number of hydrogen-bond donors (Lipinski definition) is 0. The molecule has 0 aliphatic carbocycles. The minimum atomic E-state index is -0.601. The monoisotopic (exact) mass is 358 g/mol. The first-order valence-electron chi connectivity index (χ1n) is 9.63. The van der Waals surface area contributed by atoms with E-state index in [9.17, 15) is 0 Å². The smallest absolute Gasteiger partial charge is 0.187 e. The highest BCUT2D eigenvalue weighted by molar-refractivity contribution is 5.27. The number of ether oxygens (including phenoxy) is 3. The minimum absolute atomic E-state index is 0.0906. The summed E-state index contributed by atoms with van der Waals surface area (Å²) in [5.74, 6) is 0.335. The molecule has 2 heterocycles. The Morgan fingerprint density at radius 3 is 2.50 bits per heavy atom. The Balaban J connectivity index is 1.61. The number of nitrogens with zero attached hydrogens (tertiary/aromatic N) is 2. The van der Waals surface area contributed by atoms with Gasteiger partial charge in [0.2, 0.25) is 0 Å². The molecular formula is C21H30N2O3. The summed E-state index contributed by atoms with van der Waals surface area (Å²) in [4.78, 5) is 4.13. The van der Waals surface area contributed by atoms with Crippen LogP contribution in [0.3, 0.4) is 0 Å². The standard InChI is InChI=1S/C21H30N2O3/c1-4-5-14-24-20-8-6-19(7-9-20)10-11-21(15-23-13-12-22-16-23)25-17(2)18(3)26-21/h6-9,12-13,16-18H,4-5,10-11,14-15H2,1-3H3. The van der Waals surface area contributed by atoms with Crippen LogP contribution < -0.4 is 4.74 Å². The molecule has 1 aromatic heterocycles. The lowest BCUT2D eigenvalue weighted by atomic mass is 10.0. The SMILES string of the molecule is CCCCOc1ccc(CCC2(Cn3ccnc3)OC(C)C(C)O2)cc1. The second-order valence-electron chi connectivity index (χ2n) is 7.14. The molecule has 1 aliphatic rings. The van der Waals surface area contributed by atoms with Crippen molar-refractivity contribution < 1.29 is 14.2 Å². The largest absolute Gasteiger partial charge is 0.494 e. The Hall–Kier alpha value is -1.85. The summed E-state index contributed by atoms with van der Waals surface area (Å²) >= 11 is 0. The summed E-state index contributed by atoms with van der Waals surface area (Å²) in [5, 5.41) is 0. The predicted molar refractivity (Wildman–Crippen MR) is 101 cm³/mol. The highest BCUT2D eigenvalue weighted by Gasteiger charge is 2.43. The van der Waals surface area contributed by atoms with E-state index in [1.807, 2.05) is 17.1 Å². The molecule has 0 radical (unpaired) electrons. The van der Waals surface area contributed by atoms with E-state index in [1.165, 1.54) is 5.56 Å². The Kier molecular flexibility index (Phi) is 6.33. The molecule has 1 aromatic carbocycles. The highest BCUT2D eigenvalue weighted by Crippen LogP contribution is 2.34. The van der Waals surface area contributed by atoms with E-state index in [4.69, 9.17) is 14.2 Å². The van der Waals surface area contributed by atoms with Crippen molar-refractivity contribution in [2.45, 2.75) is 71.0 Å². The molecule has 142 valence electrons. The molecule has 0 saturated carbocycles. The van der Waals surface area contributed by atoms with Gasteiger partial charge in [-0.25, -0.2) is 4.98 Å². The van der Waals surface area contributed by atoms with Crippen molar-refractivity contribution in [3.05, 3.63) is 48.5 Å². The lowest BCUT2D eigenvalue weighted by molar-refractivity contribution is -0.186. The molecule has 5 nitrogen and oxygen atoms in total. The molecule has 1 saturated heterocycles. The first-order chi connectivity index (χ1) is 12.6. The van der Waals surface area contributed by atoms with E-state index in [0.717, 1.165) is 38.0 Å². The first kappa shape index (κ1) is 18.9. The number of rotatable bonds is 9. The maximum Gasteiger partial charge on any atom is 0.187 e. The number of imidazole rings is 1. The van der Waals surface area contributed by atoms with Crippen molar-refractivity contribution in [3.8, 4) is 5.75 Å². The van der Waals surface area contributed by atoms with Gasteiger partial charge in [0.1, 0.15) is 5.75 Å². The number of unbranched alkanes of at least 4 members (excludes halogenated alkanes) is 1. The maximum absolute atomic E-state index is 6.25. The van der Waals surface area contributed by atoms with Crippen molar-refractivity contribution >= 4 is 0 Å². The topological polar surface area (TPSA) is 45.5 Å². The van der Waals surface area contributed by atoms with Gasteiger partial charge in [-0.2, -0.15) is 0 Å². The number of hydrogen-bond acceptors (Lipinski definition) is 4. The predicted octanol–water partition coefficient (Wildman–Crippen LogP) is 4.21. The summed E-state index contributed by atoms with van der Waals surface area (Å²) in [6.45, 7) is 7.74. The van der Waals surface area contributed by atoms with Gasteiger partial charge >= 0.3 is 0 Å². The van der Waals surface area contributed by atoms with Crippen LogP contribution >= 0.6 is 0 Å². The first-order valence-corrected chi connectivity index (χ1v) is 9.63. The van der Waals surface area contributed by atoms with Gasteiger partial charge in [-0.05, 0) is 44.4 Å². The summed E-state index contributed by atoms with van der Waals surface area (Å²) < 4.78 is 20.3. The van der Waals surface area contributed by atoms with Gasteiger partial charge in [-0.15, -0.1) is 0 Å². The molecule has 0 bridgehead atoms. The third-order valence-electron chi connectivity index (χ3n) is 4.93. The highest BCUT2D eigenvalue weighted by atomic mass is 16.8. The average molecular weight is 358 g/mol. The molecular weight excluding hydrogens is 328 g/mol. The maximum atomic E-state index is 6.25. The third kappa shape index (κ3) is 4.86. The molecule has 1 fully saturated rings. The number of aromatic nitrogens is 2. The third-order valence-corrected chi connectivity index (χ3v) is 4.93. The van der Waals surface area contributed by atoms with Crippen molar-refractivity contribution in [2.24, 2.45) is 0 Å². The minimum Gasteiger partial charge on any atom is -0.494 e. The van der Waals surface area contributed by atoms with Gasteiger partial charge < -0.3 is 18.8 Å². The van der Waals surface area contributed by atoms with Crippen molar-refractivity contribution in [3.63, 3.8) is 0 Å². The molecule has 26 heavy (non-hydrogen) atoms. The number of benzene rings is 1. The molecule has 2 unspecified atom stereocenters. The lowest BCUT2D eigenvalue weighted by Crippen LogP contribution is -2.36.